The Morgan fingerprint density at radius 2 is 2.09 bits per heavy atom. The number of likely N-dealkylation sites (tertiary alicyclic amines) is 1. The highest BCUT2D eigenvalue weighted by Crippen LogP contribution is 2.17. The maximum Gasteiger partial charge on any atom is 0.188 e. The van der Waals surface area contributed by atoms with Gasteiger partial charge in [-0.25, -0.2) is 0 Å². The average Bonchev–Trinajstić information content (AvgIpc) is 2.96. The molecule has 2 rings (SSSR count). The van der Waals surface area contributed by atoms with Gasteiger partial charge in [0.2, 0.25) is 0 Å². The van der Waals surface area contributed by atoms with Crippen LogP contribution in [0.15, 0.2) is 23.2 Å². The van der Waals surface area contributed by atoms with Crippen LogP contribution in [0, 0.1) is 13.8 Å². The molecule has 1 fully saturated rings. The number of likely N-dealkylation sites (N-methyl/N-ethyl adjacent to an activating group) is 1. The van der Waals surface area contributed by atoms with E-state index in [1.165, 1.54) is 30.5 Å². The molecule has 1 aliphatic heterocycles. The second-order valence-electron chi connectivity index (χ2n) is 6.25. The largest absolute Gasteiger partial charge is 0.492 e. The van der Waals surface area contributed by atoms with Gasteiger partial charge in [-0.2, -0.15) is 0 Å². The third-order valence-electron chi connectivity index (χ3n) is 4.25. The number of benzene rings is 1. The van der Waals surface area contributed by atoms with E-state index in [0.717, 1.165) is 18.8 Å². The first-order chi connectivity index (χ1) is 11.1. The van der Waals surface area contributed by atoms with Gasteiger partial charge in [0.05, 0.1) is 13.1 Å². The molecule has 0 saturated carbocycles. The van der Waals surface area contributed by atoms with Gasteiger partial charge in [0.15, 0.2) is 5.96 Å². The van der Waals surface area contributed by atoms with Crippen LogP contribution in [-0.4, -0.2) is 49.7 Å². The zero-order valence-electron chi connectivity index (χ0n) is 14.6. The molecule has 128 valence electrons. The molecule has 1 aromatic carbocycles. The van der Waals surface area contributed by atoms with E-state index < -0.39 is 0 Å². The first kappa shape index (κ1) is 17.6. The summed E-state index contributed by atoms with van der Waals surface area (Å²) in [5, 5.41) is 3.12. The van der Waals surface area contributed by atoms with Crippen LogP contribution in [0.2, 0.25) is 0 Å². The number of aliphatic imine (C=N–C) groups is 1. The lowest BCUT2D eigenvalue weighted by molar-refractivity contribution is 0.273. The number of nitrogens with one attached hydrogen (secondary N) is 1. The van der Waals surface area contributed by atoms with Gasteiger partial charge in [0.1, 0.15) is 12.4 Å². The van der Waals surface area contributed by atoms with Gasteiger partial charge in [-0.15, -0.1) is 0 Å². The highest BCUT2D eigenvalue weighted by atomic mass is 16.5. The van der Waals surface area contributed by atoms with Crippen molar-refractivity contribution >= 4 is 5.96 Å². The molecule has 5 nitrogen and oxygen atoms in total. The first-order valence-corrected chi connectivity index (χ1v) is 8.57. The number of aryl methyl sites for hydroxylation is 2. The molecule has 0 bridgehead atoms. The van der Waals surface area contributed by atoms with E-state index in [1.54, 1.807) is 0 Å². The summed E-state index contributed by atoms with van der Waals surface area (Å²) in [6.45, 7) is 10.6. The van der Waals surface area contributed by atoms with Crippen molar-refractivity contribution in [3.05, 3.63) is 29.3 Å². The lowest BCUT2D eigenvalue weighted by Gasteiger charge is -2.20. The summed E-state index contributed by atoms with van der Waals surface area (Å²) in [6, 6.07) is 6.78. The minimum Gasteiger partial charge on any atom is -0.492 e. The van der Waals surface area contributed by atoms with E-state index in [-0.39, 0.29) is 0 Å². The minimum absolute atomic E-state index is 0.511. The number of hydrogen-bond donors (Lipinski definition) is 2. The third-order valence-corrected chi connectivity index (χ3v) is 4.25. The molecule has 0 aliphatic carbocycles. The minimum atomic E-state index is 0.511. The molecule has 0 radical (unpaired) electrons. The second kappa shape index (κ2) is 8.77. The van der Waals surface area contributed by atoms with E-state index in [4.69, 9.17) is 10.5 Å². The molecule has 0 amide bonds. The van der Waals surface area contributed by atoms with E-state index in [0.29, 0.717) is 25.2 Å². The van der Waals surface area contributed by atoms with Crippen LogP contribution in [0.4, 0.5) is 0 Å². The Kier molecular flexibility index (Phi) is 6.71. The quantitative estimate of drug-likeness (QED) is 0.459. The molecule has 1 unspecified atom stereocenters. The predicted molar refractivity (Wildman–Crippen MR) is 96.2 cm³/mol. The number of hydrogen-bond acceptors (Lipinski definition) is 3. The third kappa shape index (κ3) is 5.75. The summed E-state index contributed by atoms with van der Waals surface area (Å²) < 4.78 is 5.75. The van der Waals surface area contributed by atoms with Crippen molar-refractivity contribution in [3.8, 4) is 5.75 Å². The summed E-state index contributed by atoms with van der Waals surface area (Å²) >= 11 is 0. The Labute approximate surface area is 139 Å². The first-order valence-electron chi connectivity index (χ1n) is 8.57. The van der Waals surface area contributed by atoms with Crippen molar-refractivity contribution in [2.45, 2.75) is 39.7 Å². The van der Waals surface area contributed by atoms with Gasteiger partial charge >= 0.3 is 0 Å². The van der Waals surface area contributed by atoms with Crippen LogP contribution < -0.4 is 15.8 Å². The topological polar surface area (TPSA) is 62.9 Å². The molecule has 3 N–H and O–H groups in total. The van der Waals surface area contributed by atoms with E-state index in [9.17, 15) is 0 Å². The summed E-state index contributed by atoms with van der Waals surface area (Å²) in [7, 11) is 0. The fourth-order valence-electron chi connectivity index (χ4n) is 3.14. The number of ether oxygens (including phenoxy) is 1. The monoisotopic (exact) mass is 318 g/mol. The fraction of sp³-hybridized carbons (Fsp3) is 0.611. The van der Waals surface area contributed by atoms with Crippen LogP contribution in [0.1, 0.15) is 30.9 Å². The second-order valence-corrected chi connectivity index (χ2v) is 6.25. The van der Waals surface area contributed by atoms with Gasteiger partial charge in [0, 0.05) is 6.04 Å². The van der Waals surface area contributed by atoms with Gasteiger partial charge < -0.3 is 15.8 Å². The molecular weight excluding hydrogens is 288 g/mol. The molecule has 1 atom stereocenters. The van der Waals surface area contributed by atoms with Crippen LogP contribution in [0.5, 0.6) is 5.75 Å². The van der Waals surface area contributed by atoms with Crippen molar-refractivity contribution in [2.24, 2.45) is 10.7 Å². The molecular formula is C18H30N4O. The summed E-state index contributed by atoms with van der Waals surface area (Å²) in [5.41, 5.74) is 8.36. The van der Waals surface area contributed by atoms with Gasteiger partial charge in [-0.3, -0.25) is 9.89 Å². The highest BCUT2D eigenvalue weighted by Gasteiger charge is 2.22. The molecule has 1 heterocycles. The van der Waals surface area contributed by atoms with Crippen LogP contribution in [0.3, 0.4) is 0 Å². The van der Waals surface area contributed by atoms with Crippen molar-refractivity contribution in [2.75, 3.05) is 32.8 Å². The Balaban J connectivity index is 1.68. The van der Waals surface area contributed by atoms with Gasteiger partial charge in [-0.1, -0.05) is 13.0 Å². The number of nitrogens with zero attached hydrogens (tertiary/aromatic N) is 2. The van der Waals surface area contributed by atoms with Crippen molar-refractivity contribution in [1.29, 1.82) is 0 Å². The maximum atomic E-state index is 5.93. The summed E-state index contributed by atoms with van der Waals surface area (Å²) in [5.74, 6) is 1.42. The Hall–Kier alpha value is -1.75. The summed E-state index contributed by atoms with van der Waals surface area (Å²) in [4.78, 5) is 6.94. The standard InChI is InChI=1S/C18H30N4O/c1-4-22-8-5-6-16(22)13-21-18(19)20-7-9-23-17-11-14(2)10-15(3)12-17/h10-12,16H,4-9,13H2,1-3H3,(H3,19,20,21). The average molecular weight is 318 g/mol. The van der Waals surface area contributed by atoms with Gasteiger partial charge in [-0.05, 0) is 63.0 Å². The van der Waals surface area contributed by atoms with Crippen LogP contribution >= 0.6 is 0 Å². The molecule has 1 aromatic rings. The molecule has 23 heavy (non-hydrogen) atoms. The van der Waals surface area contributed by atoms with Crippen molar-refractivity contribution in [1.82, 2.24) is 10.2 Å². The van der Waals surface area contributed by atoms with E-state index in [1.807, 2.05) is 12.1 Å². The molecule has 0 spiro atoms. The van der Waals surface area contributed by atoms with Crippen LogP contribution in [-0.2, 0) is 0 Å². The van der Waals surface area contributed by atoms with Crippen molar-refractivity contribution in [3.63, 3.8) is 0 Å². The lowest BCUT2D eigenvalue weighted by Crippen LogP contribution is -2.37. The molecule has 5 heteroatoms. The zero-order valence-corrected chi connectivity index (χ0v) is 14.6. The Bertz CT molecular complexity index is 510. The lowest BCUT2D eigenvalue weighted by atomic mass is 10.1. The fourth-order valence-corrected chi connectivity index (χ4v) is 3.14. The normalized spacial score (nSPS) is 19.1. The van der Waals surface area contributed by atoms with E-state index >= 15 is 0 Å². The van der Waals surface area contributed by atoms with Gasteiger partial charge in [0.25, 0.3) is 0 Å². The molecule has 0 aromatic heterocycles. The molecule has 1 aliphatic rings. The highest BCUT2D eigenvalue weighted by molar-refractivity contribution is 5.77. The Morgan fingerprint density at radius 1 is 1.35 bits per heavy atom. The number of nitrogens with two attached hydrogens (primary N) is 1. The number of guanidine groups is 1. The summed E-state index contributed by atoms with van der Waals surface area (Å²) in [6.07, 6.45) is 2.49. The Morgan fingerprint density at radius 3 is 2.78 bits per heavy atom. The molecule has 1 saturated heterocycles. The zero-order chi connectivity index (χ0) is 16.7. The van der Waals surface area contributed by atoms with E-state index in [2.05, 4.69) is 42.0 Å². The van der Waals surface area contributed by atoms with Crippen LogP contribution in [0.25, 0.3) is 0 Å². The van der Waals surface area contributed by atoms with Crippen molar-refractivity contribution < 1.29 is 4.74 Å². The SMILES string of the molecule is CCN1CCCC1CN=C(N)NCCOc1cc(C)cc(C)c1. The smallest absolute Gasteiger partial charge is 0.188 e. The predicted octanol–water partition coefficient (Wildman–Crippen LogP) is 2.07. The maximum absolute atomic E-state index is 5.93. The number of rotatable bonds is 7.